The van der Waals surface area contributed by atoms with E-state index in [1.807, 2.05) is 16.7 Å². The van der Waals surface area contributed by atoms with E-state index in [0.29, 0.717) is 25.5 Å². The highest BCUT2D eigenvalue weighted by molar-refractivity contribution is 5.71. The first-order valence-electron chi connectivity index (χ1n) is 9.06. The number of hydrogen-bond donors (Lipinski definition) is 0. The van der Waals surface area contributed by atoms with Gasteiger partial charge >= 0.3 is 12.1 Å². The zero-order valence-corrected chi connectivity index (χ0v) is 15.2. The first-order valence-corrected chi connectivity index (χ1v) is 9.06. The molecule has 1 aromatic heterocycles. The summed E-state index contributed by atoms with van der Waals surface area (Å²) < 4.78 is 44.8. The van der Waals surface area contributed by atoms with Crippen LogP contribution in [0, 0.1) is 0 Å². The Labute approximate surface area is 155 Å². The SMILES string of the molecule is COC(=O)CN1C[C@@H]2C[C@H]1CN2c1cc(C(F)(F)F)nc(N2CC[C@@H]2C)n1. The Balaban J connectivity index is 1.58. The summed E-state index contributed by atoms with van der Waals surface area (Å²) in [4.78, 5) is 25.5. The molecule has 3 aliphatic rings. The number of fused-ring (bicyclic) bond motifs is 2. The molecule has 2 bridgehead atoms. The Morgan fingerprint density at radius 3 is 2.56 bits per heavy atom. The number of nitrogens with zero attached hydrogens (tertiary/aromatic N) is 5. The molecular formula is C17H22F3N5O2. The van der Waals surface area contributed by atoms with Gasteiger partial charge in [0.05, 0.1) is 13.7 Å². The van der Waals surface area contributed by atoms with E-state index in [0.717, 1.165) is 18.9 Å². The monoisotopic (exact) mass is 385 g/mol. The van der Waals surface area contributed by atoms with Crippen LogP contribution >= 0.6 is 0 Å². The van der Waals surface area contributed by atoms with Gasteiger partial charge in [-0.15, -0.1) is 0 Å². The third kappa shape index (κ3) is 3.30. The summed E-state index contributed by atoms with van der Waals surface area (Å²) in [5, 5.41) is 0. The molecule has 27 heavy (non-hydrogen) atoms. The lowest BCUT2D eigenvalue weighted by molar-refractivity contribution is -0.142. The summed E-state index contributed by atoms with van der Waals surface area (Å²) in [5.74, 6) is 0.161. The summed E-state index contributed by atoms with van der Waals surface area (Å²) in [6.07, 6.45) is -2.79. The molecule has 7 nitrogen and oxygen atoms in total. The second-order valence-electron chi connectivity index (χ2n) is 7.44. The molecule has 0 radical (unpaired) electrons. The van der Waals surface area contributed by atoms with Crippen molar-refractivity contribution in [3.05, 3.63) is 11.8 Å². The van der Waals surface area contributed by atoms with Crippen LogP contribution in [0.5, 0.6) is 0 Å². The Morgan fingerprint density at radius 1 is 1.26 bits per heavy atom. The van der Waals surface area contributed by atoms with Gasteiger partial charge in [-0.2, -0.15) is 18.2 Å². The van der Waals surface area contributed by atoms with Crippen LogP contribution in [0.4, 0.5) is 24.9 Å². The van der Waals surface area contributed by atoms with Crippen LogP contribution in [0.25, 0.3) is 0 Å². The number of rotatable bonds is 4. The Morgan fingerprint density at radius 2 is 2.04 bits per heavy atom. The van der Waals surface area contributed by atoms with E-state index >= 15 is 0 Å². The van der Waals surface area contributed by atoms with Crippen molar-refractivity contribution in [3.63, 3.8) is 0 Å². The zero-order valence-electron chi connectivity index (χ0n) is 15.2. The van der Waals surface area contributed by atoms with E-state index in [9.17, 15) is 18.0 Å². The average molecular weight is 385 g/mol. The van der Waals surface area contributed by atoms with Crippen LogP contribution in [0.1, 0.15) is 25.5 Å². The number of carbonyl (C=O) groups is 1. The number of carbonyl (C=O) groups excluding carboxylic acids is 1. The van der Waals surface area contributed by atoms with Crippen molar-refractivity contribution in [1.82, 2.24) is 14.9 Å². The van der Waals surface area contributed by atoms with Crippen molar-refractivity contribution in [2.75, 3.05) is 43.1 Å². The summed E-state index contributed by atoms with van der Waals surface area (Å²) in [6.45, 7) is 3.99. The van der Waals surface area contributed by atoms with E-state index in [-0.39, 0.29) is 36.6 Å². The number of alkyl halides is 3. The van der Waals surface area contributed by atoms with Crippen molar-refractivity contribution in [2.24, 2.45) is 0 Å². The molecule has 4 rings (SSSR count). The number of esters is 1. The molecular weight excluding hydrogens is 363 g/mol. The smallest absolute Gasteiger partial charge is 0.433 e. The van der Waals surface area contributed by atoms with Crippen molar-refractivity contribution in [2.45, 2.75) is 44.1 Å². The predicted octanol–water partition coefficient (Wildman–Crippen LogP) is 1.53. The van der Waals surface area contributed by atoms with E-state index in [1.54, 1.807) is 4.90 Å². The molecule has 3 saturated heterocycles. The molecule has 148 valence electrons. The minimum absolute atomic E-state index is 0.0392. The van der Waals surface area contributed by atoms with Gasteiger partial charge in [0, 0.05) is 43.8 Å². The van der Waals surface area contributed by atoms with Gasteiger partial charge in [0.1, 0.15) is 5.82 Å². The third-order valence-corrected chi connectivity index (χ3v) is 5.78. The second-order valence-corrected chi connectivity index (χ2v) is 7.44. The number of anilines is 2. The van der Waals surface area contributed by atoms with Gasteiger partial charge in [-0.25, -0.2) is 4.98 Å². The lowest BCUT2D eigenvalue weighted by atomic mass is 10.1. The van der Waals surface area contributed by atoms with E-state index in [1.165, 1.54) is 7.11 Å². The molecule has 0 amide bonds. The minimum atomic E-state index is -4.52. The lowest BCUT2D eigenvalue weighted by Crippen LogP contribution is -2.49. The Bertz CT molecular complexity index is 744. The summed E-state index contributed by atoms with van der Waals surface area (Å²) in [7, 11) is 1.35. The molecule has 10 heteroatoms. The first-order chi connectivity index (χ1) is 12.8. The highest BCUT2D eigenvalue weighted by atomic mass is 19.4. The van der Waals surface area contributed by atoms with Crippen LogP contribution in [0.2, 0.25) is 0 Å². The van der Waals surface area contributed by atoms with Gasteiger partial charge in [0.25, 0.3) is 0 Å². The topological polar surface area (TPSA) is 61.8 Å². The normalized spacial score (nSPS) is 27.8. The van der Waals surface area contributed by atoms with E-state index in [4.69, 9.17) is 4.74 Å². The number of methoxy groups -OCH3 is 1. The predicted molar refractivity (Wildman–Crippen MR) is 91.6 cm³/mol. The van der Waals surface area contributed by atoms with E-state index < -0.39 is 11.9 Å². The summed E-state index contributed by atoms with van der Waals surface area (Å²) in [6, 6.07) is 1.34. The fourth-order valence-electron chi connectivity index (χ4n) is 4.11. The zero-order chi connectivity index (χ0) is 19.3. The third-order valence-electron chi connectivity index (χ3n) is 5.78. The van der Waals surface area contributed by atoms with Crippen molar-refractivity contribution in [1.29, 1.82) is 0 Å². The van der Waals surface area contributed by atoms with Crippen LogP contribution in [0.15, 0.2) is 6.07 Å². The molecule has 0 spiro atoms. The maximum absolute atomic E-state index is 13.4. The Hall–Kier alpha value is -2.10. The quantitative estimate of drug-likeness (QED) is 0.729. The molecule has 3 aliphatic heterocycles. The number of likely N-dealkylation sites (tertiary alicyclic amines) is 1. The van der Waals surface area contributed by atoms with Gasteiger partial charge < -0.3 is 14.5 Å². The molecule has 1 aromatic rings. The van der Waals surface area contributed by atoms with Gasteiger partial charge in [0.15, 0.2) is 5.69 Å². The molecule has 0 aromatic carbocycles. The van der Waals surface area contributed by atoms with Crippen LogP contribution < -0.4 is 9.80 Å². The lowest BCUT2D eigenvalue weighted by Gasteiger charge is -2.40. The highest BCUT2D eigenvalue weighted by Gasteiger charge is 2.45. The number of hydrogen-bond acceptors (Lipinski definition) is 7. The van der Waals surface area contributed by atoms with Gasteiger partial charge in [-0.05, 0) is 19.8 Å². The molecule has 3 fully saturated rings. The molecule has 0 unspecified atom stereocenters. The maximum atomic E-state index is 13.4. The average Bonchev–Trinajstić information content (AvgIpc) is 3.19. The number of piperazine rings is 1. The molecule has 0 aliphatic carbocycles. The molecule has 4 heterocycles. The minimum Gasteiger partial charge on any atom is -0.468 e. The fraction of sp³-hybridized carbons (Fsp3) is 0.706. The second kappa shape index (κ2) is 6.50. The molecule has 3 atom stereocenters. The molecule has 0 saturated carbocycles. The van der Waals surface area contributed by atoms with Gasteiger partial charge in [-0.1, -0.05) is 0 Å². The standard InChI is InChI=1S/C17H22F3N5O2/c1-10-3-4-24(10)16-21-13(17(18,19)20)6-14(22-16)25-8-11-5-12(25)7-23(11)9-15(26)27-2/h6,10-12H,3-5,7-9H2,1-2H3/t10-,11-,12-/m0/s1. The van der Waals surface area contributed by atoms with Crippen molar-refractivity contribution >= 4 is 17.7 Å². The summed E-state index contributed by atoms with van der Waals surface area (Å²) in [5.41, 5.74) is -0.907. The van der Waals surface area contributed by atoms with E-state index in [2.05, 4.69) is 9.97 Å². The van der Waals surface area contributed by atoms with Crippen molar-refractivity contribution < 1.29 is 22.7 Å². The largest absolute Gasteiger partial charge is 0.468 e. The van der Waals surface area contributed by atoms with Gasteiger partial charge in [-0.3, -0.25) is 9.69 Å². The van der Waals surface area contributed by atoms with Crippen LogP contribution in [0.3, 0.4) is 0 Å². The fourth-order valence-corrected chi connectivity index (χ4v) is 4.11. The first kappa shape index (κ1) is 18.3. The maximum Gasteiger partial charge on any atom is 0.433 e. The number of halogens is 3. The number of aromatic nitrogens is 2. The molecule has 0 N–H and O–H groups in total. The van der Waals surface area contributed by atoms with Crippen LogP contribution in [-0.4, -0.2) is 72.3 Å². The highest BCUT2D eigenvalue weighted by Crippen LogP contribution is 2.38. The Kier molecular flexibility index (Phi) is 4.40. The summed E-state index contributed by atoms with van der Waals surface area (Å²) >= 11 is 0. The van der Waals surface area contributed by atoms with Gasteiger partial charge in [0.2, 0.25) is 5.95 Å². The number of ether oxygens (including phenoxy) is 1. The van der Waals surface area contributed by atoms with Crippen molar-refractivity contribution in [3.8, 4) is 0 Å². The van der Waals surface area contributed by atoms with Crippen LogP contribution in [-0.2, 0) is 15.7 Å².